The molecule has 0 unspecified atom stereocenters. The second kappa shape index (κ2) is 4.28. The standard InChI is InChI=1S/C14H18F2O/c1-14(2,3)10-5-7-11-9(8-10)4-6-12(17-11)13(15)16/h5,7-8,12-13H,4,6H2,1-3H3/t12-/m0/s1. The van der Waals surface area contributed by atoms with Gasteiger partial charge < -0.3 is 4.74 Å². The Morgan fingerprint density at radius 1 is 1.29 bits per heavy atom. The minimum absolute atomic E-state index is 0.0780. The van der Waals surface area contributed by atoms with Crippen LogP contribution in [-0.2, 0) is 11.8 Å². The molecule has 0 N–H and O–H groups in total. The first-order valence-corrected chi connectivity index (χ1v) is 5.96. The van der Waals surface area contributed by atoms with Crippen LogP contribution in [-0.4, -0.2) is 12.5 Å². The normalized spacial score (nSPS) is 20.0. The summed E-state index contributed by atoms with van der Waals surface area (Å²) in [6.45, 7) is 6.42. The summed E-state index contributed by atoms with van der Waals surface area (Å²) >= 11 is 0. The maximum atomic E-state index is 12.6. The lowest BCUT2D eigenvalue weighted by molar-refractivity contribution is 0.000564. The highest BCUT2D eigenvalue weighted by Gasteiger charge is 2.28. The van der Waals surface area contributed by atoms with Crippen molar-refractivity contribution in [3.05, 3.63) is 29.3 Å². The molecule has 17 heavy (non-hydrogen) atoms. The predicted molar refractivity (Wildman–Crippen MR) is 63.9 cm³/mol. The molecule has 94 valence electrons. The van der Waals surface area contributed by atoms with Gasteiger partial charge in [0.2, 0.25) is 0 Å². The van der Waals surface area contributed by atoms with Crippen molar-refractivity contribution in [2.24, 2.45) is 0 Å². The molecule has 1 nitrogen and oxygen atoms in total. The Bertz CT molecular complexity index is 407. The maximum Gasteiger partial charge on any atom is 0.274 e. The zero-order chi connectivity index (χ0) is 12.6. The third-order valence-electron chi connectivity index (χ3n) is 3.18. The van der Waals surface area contributed by atoms with Crippen LogP contribution >= 0.6 is 0 Å². The van der Waals surface area contributed by atoms with Gasteiger partial charge in [0, 0.05) is 0 Å². The van der Waals surface area contributed by atoms with Crippen LogP contribution in [0.1, 0.15) is 38.3 Å². The number of rotatable bonds is 1. The number of aryl methyl sites for hydroxylation is 1. The first kappa shape index (κ1) is 12.3. The zero-order valence-electron chi connectivity index (χ0n) is 10.5. The first-order chi connectivity index (χ1) is 7.88. The van der Waals surface area contributed by atoms with Gasteiger partial charge in [-0.05, 0) is 35.4 Å². The number of halogens is 2. The van der Waals surface area contributed by atoms with E-state index in [0.29, 0.717) is 18.6 Å². The van der Waals surface area contributed by atoms with E-state index in [9.17, 15) is 8.78 Å². The van der Waals surface area contributed by atoms with Crippen LogP contribution in [0.2, 0.25) is 0 Å². The highest BCUT2D eigenvalue weighted by atomic mass is 19.3. The molecule has 0 saturated heterocycles. The molecule has 0 amide bonds. The van der Waals surface area contributed by atoms with Gasteiger partial charge in [-0.25, -0.2) is 8.78 Å². The van der Waals surface area contributed by atoms with Gasteiger partial charge in [0.25, 0.3) is 6.43 Å². The fourth-order valence-corrected chi connectivity index (χ4v) is 2.05. The van der Waals surface area contributed by atoms with Crippen molar-refractivity contribution in [1.29, 1.82) is 0 Å². The Morgan fingerprint density at radius 3 is 2.59 bits per heavy atom. The quantitative estimate of drug-likeness (QED) is 0.722. The summed E-state index contributed by atoms with van der Waals surface area (Å²) in [5, 5.41) is 0. The van der Waals surface area contributed by atoms with Gasteiger partial charge in [-0.3, -0.25) is 0 Å². The van der Waals surface area contributed by atoms with E-state index in [1.165, 1.54) is 5.56 Å². The molecule has 0 aliphatic carbocycles. The van der Waals surface area contributed by atoms with Crippen LogP contribution in [0.15, 0.2) is 18.2 Å². The number of alkyl halides is 2. The second-order valence-corrected chi connectivity index (χ2v) is 5.60. The minimum Gasteiger partial charge on any atom is -0.484 e. The fraction of sp³-hybridized carbons (Fsp3) is 0.571. The summed E-state index contributed by atoms with van der Waals surface area (Å²) in [7, 11) is 0. The van der Waals surface area contributed by atoms with Gasteiger partial charge in [-0.2, -0.15) is 0 Å². The Balaban J connectivity index is 2.26. The van der Waals surface area contributed by atoms with Crippen molar-refractivity contribution in [1.82, 2.24) is 0 Å². The molecular weight excluding hydrogens is 222 g/mol. The van der Waals surface area contributed by atoms with Crippen LogP contribution < -0.4 is 4.74 Å². The zero-order valence-corrected chi connectivity index (χ0v) is 10.5. The molecule has 0 spiro atoms. The fourth-order valence-electron chi connectivity index (χ4n) is 2.05. The van der Waals surface area contributed by atoms with Gasteiger partial charge in [0.1, 0.15) is 5.75 Å². The molecule has 0 bridgehead atoms. The molecule has 0 fully saturated rings. The van der Waals surface area contributed by atoms with E-state index in [4.69, 9.17) is 4.74 Å². The van der Waals surface area contributed by atoms with E-state index < -0.39 is 12.5 Å². The van der Waals surface area contributed by atoms with Crippen LogP contribution in [0.5, 0.6) is 5.75 Å². The van der Waals surface area contributed by atoms with Gasteiger partial charge >= 0.3 is 0 Å². The minimum atomic E-state index is -2.40. The molecule has 1 aromatic rings. The number of hydrogen-bond acceptors (Lipinski definition) is 1. The van der Waals surface area contributed by atoms with Crippen molar-refractivity contribution >= 4 is 0 Å². The molecule has 0 radical (unpaired) electrons. The Morgan fingerprint density at radius 2 is 2.00 bits per heavy atom. The molecule has 1 atom stereocenters. The summed E-state index contributed by atoms with van der Waals surface area (Å²) in [6, 6.07) is 5.87. The topological polar surface area (TPSA) is 9.23 Å². The lowest BCUT2D eigenvalue weighted by atomic mass is 9.85. The summed E-state index contributed by atoms with van der Waals surface area (Å²) in [6.07, 6.45) is -2.26. The number of hydrogen-bond donors (Lipinski definition) is 0. The number of ether oxygens (including phenoxy) is 1. The number of benzene rings is 1. The summed E-state index contributed by atoms with van der Waals surface area (Å²) in [5.74, 6) is 0.620. The molecule has 2 rings (SSSR count). The lowest BCUT2D eigenvalue weighted by Crippen LogP contribution is -2.29. The van der Waals surface area contributed by atoms with Crippen LogP contribution in [0, 0.1) is 0 Å². The average molecular weight is 240 g/mol. The van der Waals surface area contributed by atoms with Crippen LogP contribution in [0.25, 0.3) is 0 Å². The highest BCUT2D eigenvalue weighted by molar-refractivity contribution is 5.41. The first-order valence-electron chi connectivity index (χ1n) is 5.96. The van der Waals surface area contributed by atoms with Gasteiger partial charge in [0.05, 0.1) is 0 Å². The highest BCUT2D eigenvalue weighted by Crippen LogP contribution is 2.33. The third kappa shape index (κ3) is 2.59. The molecule has 1 heterocycles. The molecule has 1 aromatic carbocycles. The second-order valence-electron chi connectivity index (χ2n) is 5.60. The molecule has 3 heteroatoms. The van der Waals surface area contributed by atoms with Crippen LogP contribution in [0.3, 0.4) is 0 Å². The Hall–Kier alpha value is -1.12. The average Bonchev–Trinajstić information content (AvgIpc) is 2.26. The largest absolute Gasteiger partial charge is 0.484 e. The number of fused-ring (bicyclic) bond motifs is 1. The molecule has 0 saturated carbocycles. The maximum absolute atomic E-state index is 12.6. The van der Waals surface area contributed by atoms with Crippen molar-refractivity contribution < 1.29 is 13.5 Å². The smallest absolute Gasteiger partial charge is 0.274 e. The van der Waals surface area contributed by atoms with Gasteiger partial charge in [0.15, 0.2) is 6.10 Å². The van der Waals surface area contributed by atoms with Crippen molar-refractivity contribution in [3.8, 4) is 5.75 Å². The SMILES string of the molecule is CC(C)(C)c1ccc2c(c1)CC[C@@H](C(F)F)O2. The van der Waals surface area contributed by atoms with E-state index >= 15 is 0 Å². The van der Waals surface area contributed by atoms with Crippen molar-refractivity contribution in [3.63, 3.8) is 0 Å². The van der Waals surface area contributed by atoms with E-state index in [1.54, 1.807) is 0 Å². The van der Waals surface area contributed by atoms with Crippen LogP contribution in [0.4, 0.5) is 8.78 Å². The van der Waals surface area contributed by atoms with E-state index in [1.807, 2.05) is 12.1 Å². The van der Waals surface area contributed by atoms with Crippen molar-refractivity contribution in [2.45, 2.75) is 51.6 Å². The van der Waals surface area contributed by atoms with E-state index in [0.717, 1.165) is 5.56 Å². The molecule has 1 aliphatic heterocycles. The van der Waals surface area contributed by atoms with Gasteiger partial charge in [-0.1, -0.05) is 32.9 Å². The Kier molecular flexibility index (Phi) is 3.11. The van der Waals surface area contributed by atoms with Gasteiger partial charge in [-0.15, -0.1) is 0 Å². The molecule has 1 aliphatic rings. The third-order valence-corrected chi connectivity index (χ3v) is 3.18. The van der Waals surface area contributed by atoms with E-state index in [2.05, 4.69) is 26.8 Å². The monoisotopic (exact) mass is 240 g/mol. The molecular formula is C14H18F2O. The van der Waals surface area contributed by atoms with E-state index in [-0.39, 0.29) is 5.41 Å². The summed E-state index contributed by atoms with van der Waals surface area (Å²) < 4.78 is 30.4. The Labute approximate surface area is 101 Å². The predicted octanol–water partition coefficient (Wildman–Crippen LogP) is 3.94. The summed E-state index contributed by atoms with van der Waals surface area (Å²) in [5.41, 5.74) is 2.35. The molecule has 0 aromatic heterocycles. The summed E-state index contributed by atoms with van der Waals surface area (Å²) in [4.78, 5) is 0. The van der Waals surface area contributed by atoms with Crippen molar-refractivity contribution in [2.75, 3.05) is 0 Å². The lowest BCUT2D eigenvalue weighted by Gasteiger charge is -2.27.